The van der Waals surface area contributed by atoms with Crippen molar-refractivity contribution in [2.45, 2.75) is 424 Å². The monoisotopic (exact) mass is 1710 g/mol. The first-order chi connectivity index (χ1) is 58.2. The number of rotatable bonds is 90. The Morgan fingerprint density at radius 1 is 0.244 bits per heavy atom. The van der Waals surface area contributed by atoms with E-state index in [2.05, 4.69) is 179 Å². The molecule has 0 radical (unpaired) electrons. The van der Waals surface area contributed by atoms with Gasteiger partial charge >= 0.3 is 33.6 Å². The van der Waals surface area contributed by atoms with E-state index in [1.165, 1.54) is 212 Å². The van der Waals surface area contributed by atoms with Crippen molar-refractivity contribution in [1.82, 2.24) is 0 Å². The maximum absolute atomic E-state index is 13.0. The number of carbonyl (C=O) groups is 3. The van der Waals surface area contributed by atoms with Gasteiger partial charge in [0.15, 0.2) is 6.10 Å². The Balaban J connectivity index is 4.53. The number of phosphoric ester groups is 2. The van der Waals surface area contributed by atoms with Gasteiger partial charge in [0.25, 0.3) is 0 Å². The molecule has 0 amide bonds. The Bertz CT molecular complexity index is 2790. The summed E-state index contributed by atoms with van der Waals surface area (Å²) < 4.78 is 61.5. The van der Waals surface area contributed by atoms with E-state index in [9.17, 15) is 43.5 Å². The molecule has 16 nitrogen and oxygen atoms in total. The number of allylic oxidation sites excluding steroid dienone is 26. The molecular weight excluding hydrogens is 1530 g/mol. The first kappa shape index (κ1) is 114. The molecule has 684 valence electrons. The number of hydrogen-bond donors (Lipinski definition) is 4. The maximum Gasteiger partial charge on any atom is 0.472 e. The summed E-state index contributed by atoms with van der Waals surface area (Å²) >= 11 is 0. The van der Waals surface area contributed by atoms with Crippen molar-refractivity contribution in [2.75, 3.05) is 39.6 Å². The minimum absolute atomic E-state index is 0.0627. The molecule has 0 aliphatic heterocycles. The molecular formula is C101H174O16P2. The second-order valence-corrected chi connectivity index (χ2v) is 34.7. The van der Waals surface area contributed by atoms with Crippen LogP contribution in [0.15, 0.2) is 158 Å². The van der Waals surface area contributed by atoms with E-state index in [1.807, 2.05) is 0 Å². The molecule has 0 saturated heterocycles. The lowest BCUT2D eigenvalue weighted by Gasteiger charge is -2.21. The number of hydrogen-bond acceptors (Lipinski definition) is 14. The van der Waals surface area contributed by atoms with Gasteiger partial charge in [-0.3, -0.25) is 32.5 Å². The van der Waals surface area contributed by atoms with Gasteiger partial charge in [0.1, 0.15) is 25.4 Å². The summed E-state index contributed by atoms with van der Waals surface area (Å²) in [5, 5.41) is 20.7. The molecule has 0 heterocycles. The lowest BCUT2D eigenvalue weighted by Crippen LogP contribution is -2.30. The van der Waals surface area contributed by atoms with E-state index >= 15 is 0 Å². The SMILES string of the molecule is CC/C=C\C/C=C\C/C=C\C/C=C\C/C=C\CCCCCC(=O)OC(COC(=O)CCCCCCCCCCCCCCCCC/C=C\C/C=C\C/C=C\C/C=C\CCCCC)COP(=O)(O)OCC(O)COP(=O)(O)OCC(O)COC(=O)CCCCCCCCCCCCCCCCCCC/C=C\C/C=C\C/C=C\C/C=C\CCCCC. The highest BCUT2D eigenvalue weighted by atomic mass is 31.2. The van der Waals surface area contributed by atoms with Crippen LogP contribution in [-0.2, 0) is 55.8 Å². The minimum atomic E-state index is -4.95. The quantitative estimate of drug-likeness (QED) is 0.0146. The second-order valence-electron chi connectivity index (χ2n) is 31.8. The summed E-state index contributed by atoms with van der Waals surface area (Å²) in [4.78, 5) is 59.0. The summed E-state index contributed by atoms with van der Waals surface area (Å²) in [6.45, 7) is 2.52. The number of aliphatic hydroxyl groups excluding tert-OH is 2. The fraction of sp³-hybridized carbons (Fsp3) is 0.713. The number of ether oxygens (including phenoxy) is 3. The van der Waals surface area contributed by atoms with Crippen molar-refractivity contribution in [3.63, 3.8) is 0 Å². The first-order valence-corrected chi connectivity index (χ1v) is 50.8. The lowest BCUT2D eigenvalue weighted by atomic mass is 10.0. The number of aliphatic hydroxyl groups is 2. The Hall–Kier alpha value is -4.83. The number of esters is 3. The maximum atomic E-state index is 13.0. The Kier molecular flexibility index (Phi) is 88.6. The molecule has 0 rings (SSSR count). The van der Waals surface area contributed by atoms with Gasteiger partial charge < -0.3 is 34.2 Å². The fourth-order valence-corrected chi connectivity index (χ4v) is 14.6. The predicted octanol–water partition coefficient (Wildman–Crippen LogP) is 29.7. The van der Waals surface area contributed by atoms with Crippen LogP contribution in [0, 0.1) is 0 Å². The Morgan fingerprint density at radius 3 is 0.714 bits per heavy atom. The lowest BCUT2D eigenvalue weighted by molar-refractivity contribution is -0.161. The zero-order chi connectivity index (χ0) is 86.5. The standard InChI is InChI=1S/C101H174O16P2/c1-4-7-10-13-16-19-22-25-28-31-34-36-38-40-42-44-46-47-49-51-52-54-56-58-61-63-66-69-72-75-78-81-84-87-99(104)111-90-96(102)91-113-118(107,108)114-92-97(103)93-115-119(109,110)116-95-98(117-101(106)89-86-83-80-77-74-71-68-65-60-33-30-27-24-21-18-15-12-9-6-3)94-112-100(105)88-85-82-79-76-73-70-67-64-62-59-57-55-53-50-48-45-43-41-39-37-35-32-29-26-23-20-17-14-11-8-5-2/h9,12,16-21,25-30,34-37,40-43,60,65,71,74,96-98,102-103H,4-8,10-11,13-15,22-24,31-33,38-39,44-59,61-64,66-70,72-73,75-95H2,1-3H3,(H,107,108)(H,109,110)/b12-9-,19-16-,20-17-,21-18-,28-25-,29-26-,30-27-,36-34-,37-35-,42-40-,43-41-,65-60-,74-71-. The van der Waals surface area contributed by atoms with Crippen molar-refractivity contribution in [2.24, 2.45) is 0 Å². The van der Waals surface area contributed by atoms with Crippen LogP contribution in [0.25, 0.3) is 0 Å². The largest absolute Gasteiger partial charge is 0.472 e. The van der Waals surface area contributed by atoms with Crippen LogP contribution >= 0.6 is 15.6 Å². The van der Waals surface area contributed by atoms with Crippen LogP contribution in [0.3, 0.4) is 0 Å². The minimum Gasteiger partial charge on any atom is -0.463 e. The van der Waals surface area contributed by atoms with Crippen LogP contribution < -0.4 is 0 Å². The molecule has 119 heavy (non-hydrogen) atoms. The van der Waals surface area contributed by atoms with Crippen LogP contribution in [0.4, 0.5) is 0 Å². The van der Waals surface area contributed by atoms with Crippen LogP contribution in [0.2, 0.25) is 0 Å². The molecule has 5 atom stereocenters. The first-order valence-electron chi connectivity index (χ1n) is 47.8. The van der Waals surface area contributed by atoms with Gasteiger partial charge in [-0.15, -0.1) is 0 Å². The van der Waals surface area contributed by atoms with E-state index in [0.29, 0.717) is 19.3 Å². The average Bonchev–Trinajstić information content (AvgIpc) is 0.903. The van der Waals surface area contributed by atoms with Crippen molar-refractivity contribution >= 4 is 33.6 Å². The normalized spacial score (nSPS) is 14.4. The van der Waals surface area contributed by atoms with Gasteiger partial charge in [-0.1, -0.05) is 391 Å². The van der Waals surface area contributed by atoms with Crippen LogP contribution in [0.5, 0.6) is 0 Å². The molecule has 0 aliphatic rings. The Labute approximate surface area is 727 Å². The van der Waals surface area contributed by atoms with Gasteiger partial charge in [0, 0.05) is 19.3 Å². The third kappa shape index (κ3) is 93.7. The average molecular weight is 1710 g/mol. The molecule has 0 aromatic rings. The summed E-state index contributed by atoms with van der Waals surface area (Å²) in [6.07, 6.45) is 119. The van der Waals surface area contributed by atoms with Gasteiger partial charge in [-0.25, -0.2) is 9.13 Å². The van der Waals surface area contributed by atoms with E-state index in [0.717, 1.165) is 135 Å². The third-order valence-corrected chi connectivity index (χ3v) is 22.1. The molecule has 0 aromatic carbocycles. The van der Waals surface area contributed by atoms with Crippen molar-refractivity contribution < 1.29 is 75.8 Å². The van der Waals surface area contributed by atoms with E-state index < -0.39 is 91.5 Å². The highest BCUT2D eigenvalue weighted by Gasteiger charge is 2.30. The van der Waals surface area contributed by atoms with Gasteiger partial charge in [-0.2, -0.15) is 0 Å². The zero-order valence-corrected chi connectivity index (χ0v) is 77.3. The zero-order valence-electron chi connectivity index (χ0n) is 75.5. The van der Waals surface area contributed by atoms with Gasteiger partial charge in [-0.05, 0) is 154 Å². The molecule has 0 bridgehead atoms. The summed E-state index contributed by atoms with van der Waals surface area (Å²) in [5.41, 5.74) is 0. The van der Waals surface area contributed by atoms with Crippen LogP contribution in [-0.4, -0.2) is 95.9 Å². The number of unbranched alkanes of at least 4 members (excludes halogenated alkanes) is 41. The van der Waals surface area contributed by atoms with E-state index in [1.54, 1.807) is 0 Å². The smallest absolute Gasteiger partial charge is 0.463 e. The van der Waals surface area contributed by atoms with Crippen LogP contribution in [0.1, 0.15) is 406 Å². The van der Waals surface area contributed by atoms with E-state index in [4.69, 9.17) is 32.3 Å². The van der Waals surface area contributed by atoms with Crippen molar-refractivity contribution in [3.8, 4) is 0 Å². The molecule has 0 saturated carbocycles. The third-order valence-electron chi connectivity index (χ3n) is 20.2. The molecule has 0 spiro atoms. The molecule has 0 aliphatic carbocycles. The molecule has 5 unspecified atom stereocenters. The van der Waals surface area contributed by atoms with Crippen molar-refractivity contribution in [1.29, 1.82) is 0 Å². The summed E-state index contributed by atoms with van der Waals surface area (Å²) in [6, 6.07) is 0. The number of carbonyl (C=O) groups excluding carboxylic acids is 3. The van der Waals surface area contributed by atoms with Gasteiger partial charge in [0.05, 0.1) is 26.4 Å². The molecule has 0 aromatic heterocycles. The second kappa shape index (κ2) is 92.4. The highest BCUT2D eigenvalue weighted by Crippen LogP contribution is 2.45. The molecule has 0 fully saturated rings. The molecule has 18 heteroatoms. The summed E-state index contributed by atoms with van der Waals surface area (Å²) in [7, 11) is -9.82. The molecule has 4 N–H and O–H groups in total. The fourth-order valence-electron chi connectivity index (χ4n) is 13.0. The Morgan fingerprint density at radius 2 is 0.445 bits per heavy atom. The number of phosphoric acid groups is 2. The summed E-state index contributed by atoms with van der Waals surface area (Å²) in [5.74, 6) is -1.60. The highest BCUT2D eigenvalue weighted by molar-refractivity contribution is 7.47. The predicted molar refractivity (Wildman–Crippen MR) is 500 cm³/mol. The van der Waals surface area contributed by atoms with Gasteiger partial charge in [0.2, 0.25) is 0 Å². The van der Waals surface area contributed by atoms with E-state index in [-0.39, 0.29) is 19.3 Å². The van der Waals surface area contributed by atoms with Crippen molar-refractivity contribution in [3.05, 3.63) is 158 Å². The topological polar surface area (TPSA) is 231 Å².